The van der Waals surface area contributed by atoms with Crippen molar-refractivity contribution in [1.82, 2.24) is 29.2 Å². The molecule has 10 heteroatoms. The number of carbonyl (C=O) groups excluding carboxylic acids is 1. The molecule has 1 aliphatic heterocycles. The average Bonchev–Trinajstić information content (AvgIpc) is 3.27. The second-order valence-corrected chi connectivity index (χ2v) is 10.3. The summed E-state index contributed by atoms with van der Waals surface area (Å²) in [7, 11) is 7.85. The van der Waals surface area contributed by atoms with Gasteiger partial charge < -0.3 is 19.0 Å². The number of amides is 1. The molecule has 0 aliphatic carbocycles. The number of hydrogen-bond acceptors (Lipinski definition) is 9. The number of rotatable bonds is 11. The number of benzene rings is 1. The summed E-state index contributed by atoms with van der Waals surface area (Å²) >= 11 is 1.61. The molecule has 1 saturated heterocycles. The first-order valence-corrected chi connectivity index (χ1v) is 12.6. The van der Waals surface area contributed by atoms with Crippen LogP contribution in [0.1, 0.15) is 40.5 Å². The minimum Gasteiger partial charge on any atom is -0.497 e. The molecule has 0 atom stereocenters. The van der Waals surface area contributed by atoms with E-state index >= 15 is 0 Å². The van der Waals surface area contributed by atoms with E-state index in [4.69, 9.17) is 9.15 Å². The predicted molar refractivity (Wildman–Crippen MR) is 134 cm³/mol. The maximum absolute atomic E-state index is 12.9. The number of carbonyl (C=O) groups is 1. The molecule has 34 heavy (non-hydrogen) atoms. The van der Waals surface area contributed by atoms with E-state index in [1.54, 1.807) is 19.1 Å². The monoisotopic (exact) mass is 490 g/mol. The third kappa shape index (κ3) is 7.43. The van der Waals surface area contributed by atoms with Gasteiger partial charge in [-0.1, -0.05) is 0 Å². The molecular formula is C24H38N6O3S. The van der Waals surface area contributed by atoms with Gasteiger partial charge in [0.2, 0.25) is 5.89 Å². The number of nitrogens with zero attached hydrogens (tertiary/aromatic N) is 6. The van der Waals surface area contributed by atoms with Gasteiger partial charge in [0.1, 0.15) is 5.75 Å². The number of unbranched alkanes of at least 4 members (excludes halogenated alkanes) is 1. The molecule has 0 bridgehead atoms. The van der Waals surface area contributed by atoms with Crippen molar-refractivity contribution in [2.45, 2.75) is 38.1 Å². The maximum Gasteiger partial charge on any atom is 0.311 e. The number of ether oxygens (including phenoxy) is 1. The zero-order valence-corrected chi connectivity index (χ0v) is 22.2. The van der Waals surface area contributed by atoms with Gasteiger partial charge in [-0.15, -0.1) is 10.2 Å². The van der Waals surface area contributed by atoms with Crippen molar-refractivity contribution in [2.24, 2.45) is 0 Å². The molecule has 1 aromatic heterocycles. The summed E-state index contributed by atoms with van der Waals surface area (Å²) in [6, 6.07) is 4.05. The normalized spacial score (nSPS) is 14.9. The van der Waals surface area contributed by atoms with Crippen molar-refractivity contribution in [2.75, 3.05) is 67.5 Å². The Labute approximate surface area is 207 Å². The van der Waals surface area contributed by atoms with E-state index in [2.05, 4.69) is 47.9 Å². The first kappa shape index (κ1) is 26.5. The molecule has 0 spiro atoms. The smallest absolute Gasteiger partial charge is 0.311 e. The van der Waals surface area contributed by atoms with Crippen LogP contribution in [0, 0.1) is 13.8 Å². The standard InChI is InChI=1S/C24H38N6O3S/c1-18-15-20(32-6)16-19(2)22(18)34-28(5)17-21-25-26-23(33-21)24(31)30-13-11-29(12-14-30)10-8-7-9-27(3)4/h15-16H,7-14,17H2,1-6H3. The van der Waals surface area contributed by atoms with Crippen LogP contribution >= 0.6 is 11.9 Å². The summed E-state index contributed by atoms with van der Waals surface area (Å²) in [6.45, 7) is 9.92. The lowest BCUT2D eigenvalue weighted by atomic mass is 10.1. The fraction of sp³-hybridized carbons (Fsp3) is 0.625. The van der Waals surface area contributed by atoms with Crippen LogP contribution in [0.3, 0.4) is 0 Å². The van der Waals surface area contributed by atoms with Crippen LogP contribution in [-0.2, 0) is 6.54 Å². The Balaban J connectivity index is 1.47. The minimum absolute atomic E-state index is 0.0737. The summed E-state index contributed by atoms with van der Waals surface area (Å²) < 4.78 is 13.1. The first-order valence-electron chi connectivity index (χ1n) is 11.8. The van der Waals surface area contributed by atoms with Gasteiger partial charge in [-0.3, -0.25) is 9.69 Å². The fourth-order valence-electron chi connectivity index (χ4n) is 4.03. The minimum atomic E-state index is -0.178. The third-order valence-electron chi connectivity index (χ3n) is 5.91. The Bertz CT molecular complexity index is 920. The molecule has 9 nitrogen and oxygen atoms in total. The van der Waals surface area contributed by atoms with Crippen molar-refractivity contribution in [3.05, 3.63) is 35.0 Å². The number of piperazine rings is 1. The van der Waals surface area contributed by atoms with Crippen LogP contribution < -0.4 is 4.74 Å². The summed E-state index contributed by atoms with van der Waals surface area (Å²) in [5.74, 6) is 1.18. The van der Waals surface area contributed by atoms with Gasteiger partial charge in [0.15, 0.2) is 0 Å². The maximum atomic E-state index is 12.9. The summed E-state index contributed by atoms with van der Waals surface area (Å²) in [6.07, 6.45) is 2.38. The Morgan fingerprint density at radius 3 is 2.38 bits per heavy atom. The second kappa shape index (κ2) is 12.5. The molecule has 0 saturated carbocycles. The molecule has 1 amide bonds. The molecule has 1 fully saturated rings. The molecule has 0 N–H and O–H groups in total. The van der Waals surface area contributed by atoms with Crippen LogP contribution in [-0.4, -0.2) is 103 Å². The highest BCUT2D eigenvalue weighted by Crippen LogP contribution is 2.32. The Kier molecular flexibility index (Phi) is 9.75. The van der Waals surface area contributed by atoms with E-state index in [0.717, 1.165) is 43.1 Å². The van der Waals surface area contributed by atoms with E-state index in [1.807, 2.05) is 28.4 Å². The summed E-state index contributed by atoms with van der Waals surface area (Å²) in [5, 5.41) is 8.14. The molecular weight excluding hydrogens is 452 g/mol. The van der Waals surface area contributed by atoms with Crippen LogP contribution in [0.2, 0.25) is 0 Å². The van der Waals surface area contributed by atoms with Gasteiger partial charge in [0.05, 0.1) is 13.7 Å². The van der Waals surface area contributed by atoms with Gasteiger partial charge >= 0.3 is 11.8 Å². The van der Waals surface area contributed by atoms with Crippen molar-refractivity contribution in [1.29, 1.82) is 0 Å². The lowest BCUT2D eigenvalue weighted by Crippen LogP contribution is -2.49. The third-order valence-corrected chi connectivity index (χ3v) is 7.18. The highest BCUT2D eigenvalue weighted by atomic mass is 32.2. The number of methoxy groups -OCH3 is 1. The molecule has 1 aliphatic rings. The van der Waals surface area contributed by atoms with E-state index in [0.29, 0.717) is 25.5 Å². The van der Waals surface area contributed by atoms with Crippen molar-refractivity contribution in [3.63, 3.8) is 0 Å². The second-order valence-electron chi connectivity index (χ2n) is 9.11. The number of aromatic nitrogens is 2. The average molecular weight is 491 g/mol. The van der Waals surface area contributed by atoms with Gasteiger partial charge in [-0.25, -0.2) is 4.31 Å². The van der Waals surface area contributed by atoms with E-state index < -0.39 is 0 Å². The van der Waals surface area contributed by atoms with Crippen LogP contribution in [0.5, 0.6) is 5.75 Å². The molecule has 3 rings (SSSR count). The molecule has 0 radical (unpaired) electrons. The lowest BCUT2D eigenvalue weighted by molar-refractivity contribution is 0.0593. The van der Waals surface area contributed by atoms with Gasteiger partial charge in [-0.05, 0) is 96.1 Å². The quantitative estimate of drug-likeness (QED) is 0.349. The van der Waals surface area contributed by atoms with Crippen LogP contribution in [0.4, 0.5) is 0 Å². The largest absolute Gasteiger partial charge is 0.497 e. The highest BCUT2D eigenvalue weighted by Gasteiger charge is 2.26. The van der Waals surface area contributed by atoms with Gasteiger partial charge in [-0.2, -0.15) is 0 Å². The molecule has 188 valence electrons. The highest BCUT2D eigenvalue weighted by molar-refractivity contribution is 7.97. The molecule has 2 aromatic rings. The zero-order chi connectivity index (χ0) is 24.7. The molecule has 0 unspecified atom stereocenters. The van der Waals surface area contributed by atoms with Crippen LogP contribution in [0.25, 0.3) is 0 Å². The molecule has 2 heterocycles. The number of hydrogen-bond donors (Lipinski definition) is 0. The van der Waals surface area contributed by atoms with Crippen molar-refractivity contribution >= 4 is 17.9 Å². The van der Waals surface area contributed by atoms with Gasteiger partial charge in [0.25, 0.3) is 0 Å². The van der Waals surface area contributed by atoms with Gasteiger partial charge in [0, 0.05) is 31.1 Å². The van der Waals surface area contributed by atoms with Crippen molar-refractivity contribution in [3.8, 4) is 5.75 Å². The Morgan fingerprint density at radius 2 is 1.76 bits per heavy atom. The SMILES string of the molecule is COc1cc(C)c(SN(C)Cc2nnc(C(=O)N3CCN(CCCCN(C)C)CC3)o2)c(C)c1. The van der Waals surface area contributed by atoms with Crippen LogP contribution in [0.15, 0.2) is 21.4 Å². The summed E-state index contributed by atoms with van der Waals surface area (Å²) in [4.78, 5) is 20.5. The van der Waals surface area contributed by atoms with E-state index in [-0.39, 0.29) is 11.8 Å². The zero-order valence-electron chi connectivity index (χ0n) is 21.3. The molecule has 1 aromatic carbocycles. The Hall–Kier alpha value is -2.14. The topological polar surface area (TPSA) is 78.2 Å². The van der Waals surface area contributed by atoms with Crippen molar-refractivity contribution < 1.29 is 13.9 Å². The predicted octanol–water partition coefficient (Wildman–Crippen LogP) is 2.93. The van der Waals surface area contributed by atoms with E-state index in [9.17, 15) is 4.79 Å². The lowest BCUT2D eigenvalue weighted by Gasteiger charge is -2.34. The van der Waals surface area contributed by atoms with E-state index in [1.165, 1.54) is 17.7 Å². The fourth-order valence-corrected chi connectivity index (χ4v) is 4.92. The number of aryl methyl sites for hydroxylation is 2. The summed E-state index contributed by atoms with van der Waals surface area (Å²) in [5.41, 5.74) is 2.29. The first-order chi connectivity index (χ1) is 16.3. The Morgan fingerprint density at radius 1 is 1.09 bits per heavy atom.